The summed E-state index contributed by atoms with van der Waals surface area (Å²) in [6.07, 6.45) is 5.32. The zero-order chi connectivity index (χ0) is 18.4. The Hall–Kier alpha value is -2.26. The Kier molecular flexibility index (Phi) is 4.28. The fourth-order valence-electron chi connectivity index (χ4n) is 4.19. The molecule has 0 saturated heterocycles. The number of fused-ring (bicyclic) bond motifs is 3. The smallest absolute Gasteiger partial charge is 0.0715 e. The van der Waals surface area contributed by atoms with Gasteiger partial charge in [0.15, 0.2) is 0 Å². The number of rotatable bonds is 3. The number of anilines is 1. The average molecular weight is 367 g/mol. The second kappa shape index (κ2) is 6.48. The minimum atomic E-state index is -1.19. The summed E-state index contributed by atoms with van der Waals surface area (Å²) in [5.74, 6) is -0.180. The maximum atomic E-state index is 11.3. The van der Waals surface area contributed by atoms with E-state index in [4.69, 9.17) is 11.6 Å². The van der Waals surface area contributed by atoms with Crippen molar-refractivity contribution in [3.05, 3.63) is 75.8 Å². The van der Waals surface area contributed by atoms with Gasteiger partial charge in [0.2, 0.25) is 0 Å². The number of carbonyl (C=O) groups is 1. The first-order chi connectivity index (χ1) is 12.5. The van der Waals surface area contributed by atoms with E-state index in [1.165, 1.54) is 17.2 Å². The number of benzene rings is 2. The van der Waals surface area contributed by atoms with Gasteiger partial charge < -0.3 is 15.2 Å². The van der Waals surface area contributed by atoms with Crippen LogP contribution in [0, 0.1) is 5.92 Å². The fourth-order valence-corrected chi connectivity index (χ4v) is 4.47. The Bertz CT molecular complexity index is 886. The van der Waals surface area contributed by atoms with Gasteiger partial charge in [-0.3, -0.25) is 0 Å². The van der Waals surface area contributed by atoms with Crippen molar-refractivity contribution in [3.8, 4) is 0 Å². The molecule has 0 fully saturated rings. The van der Waals surface area contributed by atoms with Crippen LogP contribution in [0.3, 0.4) is 0 Å². The molecule has 4 heteroatoms. The second-order valence-electron chi connectivity index (χ2n) is 7.51. The van der Waals surface area contributed by atoms with Crippen molar-refractivity contribution in [2.75, 3.05) is 5.32 Å². The van der Waals surface area contributed by atoms with Crippen LogP contribution in [0.1, 0.15) is 65.2 Å². The van der Waals surface area contributed by atoms with Crippen molar-refractivity contribution >= 4 is 23.3 Å². The van der Waals surface area contributed by atoms with Gasteiger partial charge in [-0.15, -0.1) is 0 Å². The van der Waals surface area contributed by atoms with Gasteiger partial charge in [-0.05, 0) is 52.6 Å². The normalized spacial score (nSPS) is 23.5. The van der Waals surface area contributed by atoms with Crippen LogP contribution in [0.2, 0.25) is 5.02 Å². The molecule has 26 heavy (non-hydrogen) atoms. The molecule has 2 aromatic rings. The van der Waals surface area contributed by atoms with Crippen LogP contribution >= 0.6 is 11.6 Å². The van der Waals surface area contributed by atoms with E-state index in [9.17, 15) is 9.90 Å². The number of carboxylic acid groups (broad SMARTS) is 1. The van der Waals surface area contributed by atoms with Gasteiger partial charge in [0.25, 0.3) is 0 Å². The predicted molar refractivity (Wildman–Crippen MR) is 103 cm³/mol. The van der Waals surface area contributed by atoms with Crippen molar-refractivity contribution in [1.82, 2.24) is 0 Å². The van der Waals surface area contributed by atoms with E-state index < -0.39 is 5.97 Å². The minimum absolute atomic E-state index is 0.134. The third-order valence-corrected chi connectivity index (χ3v) is 5.92. The predicted octanol–water partition coefficient (Wildman–Crippen LogP) is 4.65. The van der Waals surface area contributed by atoms with Gasteiger partial charge in [0.05, 0.1) is 22.7 Å². The van der Waals surface area contributed by atoms with Crippen molar-refractivity contribution in [2.24, 2.45) is 5.92 Å². The zero-order valence-electron chi connectivity index (χ0n) is 14.8. The average Bonchev–Trinajstić information content (AvgIpc) is 3.11. The molecule has 3 nitrogen and oxygen atoms in total. The number of hydrogen-bond acceptors (Lipinski definition) is 3. The van der Waals surface area contributed by atoms with Gasteiger partial charge >= 0.3 is 0 Å². The Labute approximate surface area is 158 Å². The lowest BCUT2D eigenvalue weighted by molar-refractivity contribution is -0.255. The first-order valence-corrected chi connectivity index (χ1v) is 9.41. The SMILES string of the molecule is CC(C)c1ccc([C@@H]2Nc3c(Cl)cc(C(=O)[O-])cc3[C@@H]3C=CC[C@@H]32)cc1. The van der Waals surface area contributed by atoms with Crippen LogP contribution in [0.25, 0.3) is 0 Å². The Balaban J connectivity index is 1.76. The lowest BCUT2D eigenvalue weighted by Crippen LogP contribution is -2.30. The highest BCUT2D eigenvalue weighted by atomic mass is 35.5. The highest BCUT2D eigenvalue weighted by molar-refractivity contribution is 6.33. The van der Waals surface area contributed by atoms with E-state index in [1.807, 2.05) is 0 Å². The van der Waals surface area contributed by atoms with Crippen molar-refractivity contribution < 1.29 is 9.90 Å². The van der Waals surface area contributed by atoms with Crippen molar-refractivity contribution in [3.63, 3.8) is 0 Å². The Morgan fingerprint density at radius 3 is 2.62 bits per heavy atom. The van der Waals surface area contributed by atoms with E-state index in [0.717, 1.165) is 17.7 Å². The fraction of sp³-hybridized carbons (Fsp3) is 0.318. The van der Waals surface area contributed by atoms with Crippen LogP contribution < -0.4 is 10.4 Å². The Morgan fingerprint density at radius 1 is 1.23 bits per heavy atom. The zero-order valence-corrected chi connectivity index (χ0v) is 15.6. The summed E-state index contributed by atoms with van der Waals surface area (Å²) >= 11 is 6.42. The summed E-state index contributed by atoms with van der Waals surface area (Å²) in [6.45, 7) is 4.38. The molecule has 134 valence electrons. The summed E-state index contributed by atoms with van der Waals surface area (Å²) < 4.78 is 0. The molecular formula is C22H21ClNO2-. The molecule has 0 amide bonds. The maximum Gasteiger partial charge on any atom is 0.0715 e. The summed E-state index contributed by atoms with van der Waals surface area (Å²) in [6, 6.07) is 12.1. The molecule has 1 aliphatic carbocycles. The molecular weight excluding hydrogens is 346 g/mol. The second-order valence-corrected chi connectivity index (χ2v) is 7.91. The number of carbonyl (C=O) groups excluding carboxylic acids is 1. The highest BCUT2D eigenvalue weighted by Crippen LogP contribution is 2.51. The summed E-state index contributed by atoms with van der Waals surface area (Å²) in [7, 11) is 0. The van der Waals surface area contributed by atoms with E-state index in [1.54, 1.807) is 6.07 Å². The molecule has 1 N–H and O–H groups in total. The van der Waals surface area contributed by atoms with Gasteiger partial charge in [0, 0.05) is 5.92 Å². The molecule has 0 saturated carbocycles. The van der Waals surface area contributed by atoms with Gasteiger partial charge in [0.1, 0.15) is 0 Å². The molecule has 0 aromatic heterocycles. The van der Waals surface area contributed by atoms with Crippen LogP contribution in [-0.2, 0) is 0 Å². The van der Waals surface area contributed by atoms with Gasteiger partial charge in [-0.2, -0.15) is 0 Å². The maximum absolute atomic E-state index is 11.3. The largest absolute Gasteiger partial charge is 0.545 e. The third-order valence-electron chi connectivity index (χ3n) is 5.62. The van der Waals surface area contributed by atoms with Crippen LogP contribution in [0.5, 0.6) is 0 Å². The minimum Gasteiger partial charge on any atom is -0.545 e. The highest BCUT2D eigenvalue weighted by Gasteiger charge is 2.38. The quantitative estimate of drug-likeness (QED) is 0.804. The Morgan fingerprint density at radius 2 is 1.96 bits per heavy atom. The molecule has 1 heterocycles. The van der Waals surface area contributed by atoms with E-state index in [-0.39, 0.29) is 17.5 Å². The third kappa shape index (κ3) is 2.80. The monoisotopic (exact) mass is 366 g/mol. The molecule has 2 aliphatic rings. The van der Waals surface area contributed by atoms with Crippen LogP contribution in [0.4, 0.5) is 5.69 Å². The molecule has 1 aliphatic heterocycles. The standard InChI is InChI=1S/C22H22ClNO2/c1-12(2)13-6-8-14(9-7-13)20-17-5-3-4-16(17)18-10-15(22(25)26)11-19(23)21(18)24-20/h3-4,6-12,16-17,20,24H,5H2,1-2H3,(H,25,26)/p-1/t16-,17+,20+/m1/s1. The molecule has 0 unspecified atom stereocenters. The topological polar surface area (TPSA) is 52.2 Å². The summed E-state index contributed by atoms with van der Waals surface area (Å²) in [5.41, 5.74) is 4.48. The molecule has 3 atom stereocenters. The number of nitrogens with one attached hydrogen (secondary N) is 1. The molecule has 0 spiro atoms. The number of carboxylic acids is 1. The van der Waals surface area contributed by atoms with Crippen molar-refractivity contribution in [1.29, 1.82) is 0 Å². The van der Waals surface area contributed by atoms with E-state index >= 15 is 0 Å². The lowest BCUT2D eigenvalue weighted by atomic mass is 9.76. The summed E-state index contributed by atoms with van der Waals surface area (Å²) in [5, 5.41) is 15.3. The number of allylic oxidation sites excluding steroid dienone is 2. The number of hydrogen-bond donors (Lipinski definition) is 1. The van der Waals surface area contributed by atoms with Gasteiger partial charge in [-0.1, -0.05) is 61.9 Å². The summed E-state index contributed by atoms with van der Waals surface area (Å²) in [4.78, 5) is 11.3. The number of halogens is 1. The van der Waals surface area contributed by atoms with Gasteiger partial charge in [-0.25, -0.2) is 0 Å². The first-order valence-electron chi connectivity index (χ1n) is 9.03. The van der Waals surface area contributed by atoms with E-state index in [2.05, 4.69) is 55.6 Å². The van der Waals surface area contributed by atoms with Crippen LogP contribution in [-0.4, -0.2) is 5.97 Å². The first kappa shape index (κ1) is 17.2. The van der Waals surface area contributed by atoms with Crippen molar-refractivity contribution in [2.45, 2.75) is 38.1 Å². The number of aromatic carboxylic acids is 1. The van der Waals surface area contributed by atoms with E-state index in [0.29, 0.717) is 16.9 Å². The molecule has 0 radical (unpaired) electrons. The van der Waals surface area contributed by atoms with Crippen LogP contribution in [0.15, 0.2) is 48.6 Å². The lowest BCUT2D eigenvalue weighted by Gasteiger charge is -2.38. The molecule has 0 bridgehead atoms. The molecule has 2 aromatic carbocycles. The molecule has 4 rings (SSSR count).